The van der Waals surface area contributed by atoms with Crippen molar-refractivity contribution >= 4 is 12.3 Å². The van der Waals surface area contributed by atoms with Crippen molar-refractivity contribution in [3.05, 3.63) is 24.0 Å². The van der Waals surface area contributed by atoms with E-state index in [1.165, 1.54) is 7.11 Å². The Bertz CT molecular complexity index is 366. The van der Waals surface area contributed by atoms with Gasteiger partial charge in [-0.3, -0.25) is 9.59 Å². The van der Waals surface area contributed by atoms with E-state index < -0.39 is 5.41 Å². The number of aldehydes is 1. The molecule has 0 radical (unpaired) electrons. The molecule has 0 aliphatic heterocycles. The first-order valence-electron chi connectivity index (χ1n) is 4.70. The van der Waals surface area contributed by atoms with Gasteiger partial charge in [0.25, 0.3) is 0 Å². The number of carbonyl (C=O) groups excluding carboxylic acids is 2. The largest absolute Gasteiger partial charge is 0.469 e. The van der Waals surface area contributed by atoms with Crippen LogP contribution >= 0.6 is 0 Å². The molecule has 4 heteroatoms. The van der Waals surface area contributed by atoms with Gasteiger partial charge in [0, 0.05) is 12.7 Å². The molecule has 0 atom stereocenters. The van der Waals surface area contributed by atoms with Crippen molar-refractivity contribution in [1.82, 2.24) is 4.57 Å². The SMILES string of the molecule is COC(=O)C(C)(C)Cn1cccc1C=O. The average molecular weight is 209 g/mol. The quantitative estimate of drug-likeness (QED) is 0.557. The van der Waals surface area contributed by atoms with Gasteiger partial charge in [0.15, 0.2) is 6.29 Å². The molecular formula is C11H15NO3. The topological polar surface area (TPSA) is 48.3 Å². The molecule has 82 valence electrons. The Kier molecular flexibility index (Phi) is 3.29. The smallest absolute Gasteiger partial charge is 0.313 e. The van der Waals surface area contributed by atoms with Crippen LogP contribution in [0.15, 0.2) is 18.3 Å². The molecule has 1 aromatic heterocycles. The van der Waals surface area contributed by atoms with Crippen molar-refractivity contribution in [2.24, 2.45) is 5.41 Å². The van der Waals surface area contributed by atoms with Gasteiger partial charge in [-0.15, -0.1) is 0 Å². The third-order valence-electron chi connectivity index (χ3n) is 2.29. The lowest BCUT2D eigenvalue weighted by molar-refractivity contribution is -0.151. The van der Waals surface area contributed by atoms with E-state index in [2.05, 4.69) is 0 Å². The van der Waals surface area contributed by atoms with Gasteiger partial charge in [0.2, 0.25) is 0 Å². The maximum atomic E-state index is 11.4. The number of nitrogens with zero attached hydrogens (tertiary/aromatic N) is 1. The highest BCUT2D eigenvalue weighted by Crippen LogP contribution is 2.20. The minimum atomic E-state index is -0.633. The zero-order valence-electron chi connectivity index (χ0n) is 9.19. The monoisotopic (exact) mass is 209 g/mol. The Morgan fingerprint density at radius 2 is 2.27 bits per heavy atom. The van der Waals surface area contributed by atoms with Crippen LogP contribution in [-0.4, -0.2) is 23.9 Å². The fourth-order valence-corrected chi connectivity index (χ4v) is 1.44. The minimum Gasteiger partial charge on any atom is -0.469 e. The van der Waals surface area contributed by atoms with Gasteiger partial charge in [-0.25, -0.2) is 0 Å². The third kappa shape index (κ3) is 2.46. The second-order valence-corrected chi connectivity index (χ2v) is 4.05. The molecule has 1 aromatic rings. The summed E-state index contributed by atoms with van der Waals surface area (Å²) in [7, 11) is 1.36. The summed E-state index contributed by atoms with van der Waals surface area (Å²) in [6.07, 6.45) is 2.54. The number of rotatable bonds is 4. The molecule has 1 rings (SSSR count). The number of aromatic nitrogens is 1. The summed E-state index contributed by atoms with van der Waals surface area (Å²) in [5, 5.41) is 0. The Balaban J connectivity index is 2.85. The molecule has 4 nitrogen and oxygen atoms in total. The normalized spacial score (nSPS) is 11.1. The van der Waals surface area contributed by atoms with Crippen LogP contribution in [0.1, 0.15) is 24.3 Å². The van der Waals surface area contributed by atoms with Gasteiger partial charge in [-0.1, -0.05) is 0 Å². The molecule has 0 N–H and O–H groups in total. The number of methoxy groups -OCH3 is 1. The van der Waals surface area contributed by atoms with Gasteiger partial charge in [0.05, 0.1) is 18.2 Å². The van der Waals surface area contributed by atoms with Crippen LogP contribution in [0.3, 0.4) is 0 Å². The van der Waals surface area contributed by atoms with Crippen LogP contribution in [0.4, 0.5) is 0 Å². The lowest BCUT2D eigenvalue weighted by atomic mass is 9.93. The van der Waals surface area contributed by atoms with E-state index in [-0.39, 0.29) is 5.97 Å². The van der Waals surface area contributed by atoms with Crippen molar-refractivity contribution in [1.29, 1.82) is 0 Å². The van der Waals surface area contributed by atoms with E-state index in [0.29, 0.717) is 12.2 Å². The van der Waals surface area contributed by atoms with E-state index in [4.69, 9.17) is 4.74 Å². The van der Waals surface area contributed by atoms with Crippen LogP contribution in [0, 0.1) is 5.41 Å². The van der Waals surface area contributed by atoms with E-state index in [1.807, 2.05) is 0 Å². The molecule has 0 aliphatic rings. The number of ether oxygens (including phenoxy) is 1. The molecule has 0 fully saturated rings. The number of esters is 1. The molecule has 0 spiro atoms. The van der Waals surface area contributed by atoms with Crippen LogP contribution in [0.2, 0.25) is 0 Å². The highest BCUT2D eigenvalue weighted by atomic mass is 16.5. The van der Waals surface area contributed by atoms with Gasteiger partial charge in [-0.05, 0) is 26.0 Å². The van der Waals surface area contributed by atoms with Gasteiger partial charge >= 0.3 is 5.97 Å². The van der Waals surface area contributed by atoms with Crippen molar-refractivity contribution in [2.45, 2.75) is 20.4 Å². The van der Waals surface area contributed by atoms with Crippen LogP contribution < -0.4 is 0 Å². The Morgan fingerprint density at radius 1 is 1.60 bits per heavy atom. The molecule has 0 aromatic carbocycles. The van der Waals surface area contributed by atoms with Crippen molar-refractivity contribution in [2.75, 3.05) is 7.11 Å². The van der Waals surface area contributed by atoms with E-state index in [9.17, 15) is 9.59 Å². The highest BCUT2D eigenvalue weighted by Gasteiger charge is 2.29. The zero-order chi connectivity index (χ0) is 11.5. The van der Waals surface area contributed by atoms with E-state index >= 15 is 0 Å². The molecule has 15 heavy (non-hydrogen) atoms. The van der Waals surface area contributed by atoms with Gasteiger partial charge in [-0.2, -0.15) is 0 Å². The van der Waals surface area contributed by atoms with Crippen molar-refractivity contribution < 1.29 is 14.3 Å². The fourth-order valence-electron chi connectivity index (χ4n) is 1.44. The standard InChI is InChI=1S/C11H15NO3/c1-11(2,10(14)15-3)8-12-6-4-5-9(12)7-13/h4-7H,8H2,1-3H3. The highest BCUT2D eigenvalue weighted by molar-refractivity contribution is 5.76. The van der Waals surface area contributed by atoms with Crippen molar-refractivity contribution in [3.8, 4) is 0 Å². The summed E-state index contributed by atoms with van der Waals surface area (Å²) >= 11 is 0. The summed E-state index contributed by atoms with van der Waals surface area (Å²) in [5.41, 5.74) is -0.0714. The first kappa shape index (κ1) is 11.5. The second kappa shape index (κ2) is 4.29. The second-order valence-electron chi connectivity index (χ2n) is 4.05. The molecular weight excluding hydrogens is 194 g/mol. The van der Waals surface area contributed by atoms with Crippen LogP contribution in [0.25, 0.3) is 0 Å². The number of hydrogen-bond acceptors (Lipinski definition) is 3. The van der Waals surface area contributed by atoms with E-state index in [1.54, 1.807) is 36.7 Å². The third-order valence-corrected chi connectivity index (χ3v) is 2.29. The molecule has 0 aliphatic carbocycles. The number of hydrogen-bond donors (Lipinski definition) is 0. The Labute approximate surface area is 88.8 Å². The summed E-state index contributed by atoms with van der Waals surface area (Å²) < 4.78 is 6.44. The summed E-state index contributed by atoms with van der Waals surface area (Å²) in [4.78, 5) is 22.1. The summed E-state index contributed by atoms with van der Waals surface area (Å²) in [6, 6.07) is 3.48. The Morgan fingerprint density at radius 3 is 2.80 bits per heavy atom. The average Bonchev–Trinajstić information content (AvgIpc) is 2.63. The zero-order valence-corrected chi connectivity index (χ0v) is 9.19. The maximum Gasteiger partial charge on any atom is 0.313 e. The van der Waals surface area contributed by atoms with Crippen molar-refractivity contribution in [3.63, 3.8) is 0 Å². The molecule has 0 saturated heterocycles. The van der Waals surface area contributed by atoms with E-state index in [0.717, 1.165) is 6.29 Å². The number of carbonyl (C=O) groups is 2. The maximum absolute atomic E-state index is 11.4. The predicted octanol–water partition coefficient (Wildman–Crippen LogP) is 1.50. The molecule has 1 heterocycles. The molecule has 0 saturated carbocycles. The molecule has 0 unspecified atom stereocenters. The molecule has 0 amide bonds. The Hall–Kier alpha value is -1.58. The van der Waals surface area contributed by atoms with Gasteiger partial charge < -0.3 is 9.30 Å². The van der Waals surface area contributed by atoms with Gasteiger partial charge in [0.1, 0.15) is 0 Å². The first-order chi connectivity index (χ1) is 7.01. The van der Waals surface area contributed by atoms with Crippen LogP contribution in [0.5, 0.6) is 0 Å². The first-order valence-corrected chi connectivity index (χ1v) is 4.70. The summed E-state index contributed by atoms with van der Waals surface area (Å²) in [6.45, 7) is 4.00. The predicted molar refractivity (Wildman–Crippen MR) is 55.6 cm³/mol. The minimum absolute atomic E-state index is 0.284. The van der Waals surface area contributed by atoms with Crippen LogP contribution in [-0.2, 0) is 16.1 Å². The fraction of sp³-hybridized carbons (Fsp3) is 0.455. The lowest BCUT2D eigenvalue weighted by Crippen LogP contribution is -2.30. The molecule has 0 bridgehead atoms. The lowest BCUT2D eigenvalue weighted by Gasteiger charge is -2.22. The summed E-state index contributed by atoms with van der Waals surface area (Å²) in [5.74, 6) is -0.284.